The average Bonchev–Trinajstić information content (AvgIpc) is 2.94. The second-order valence-corrected chi connectivity index (χ2v) is 6.33. The Morgan fingerprint density at radius 3 is 2.84 bits per heavy atom. The van der Waals surface area contributed by atoms with Crippen LogP contribution in [0.3, 0.4) is 0 Å². The van der Waals surface area contributed by atoms with Crippen LogP contribution in [0.5, 0.6) is 0 Å². The molecule has 0 aliphatic heterocycles. The molecule has 1 N–H and O–H groups in total. The van der Waals surface area contributed by atoms with E-state index in [0.29, 0.717) is 11.0 Å². The molecular formula is C18H21N5O2. The monoisotopic (exact) mass is 339 g/mol. The molecule has 2 aromatic heterocycles. The van der Waals surface area contributed by atoms with Crippen molar-refractivity contribution in [3.05, 3.63) is 57.8 Å². The zero-order valence-electron chi connectivity index (χ0n) is 14.8. The van der Waals surface area contributed by atoms with Crippen LogP contribution in [0.25, 0.3) is 11.0 Å². The topological polar surface area (TPSA) is 81.8 Å². The molecule has 1 aromatic carbocycles. The number of hydrogen-bond acceptors (Lipinski definition) is 4. The Kier molecular flexibility index (Phi) is 4.39. The normalized spacial score (nSPS) is 12.3. The van der Waals surface area contributed by atoms with Crippen LogP contribution in [0.4, 0.5) is 0 Å². The number of rotatable bonds is 4. The number of benzene rings is 1. The van der Waals surface area contributed by atoms with E-state index in [0.717, 1.165) is 16.7 Å². The van der Waals surface area contributed by atoms with Gasteiger partial charge < -0.3 is 5.32 Å². The van der Waals surface area contributed by atoms with Gasteiger partial charge >= 0.3 is 0 Å². The molecule has 0 saturated heterocycles. The van der Waals surface area contributed by atoms with E-state index in [9.17, 15) is 9.59 Å². The second-order valence-electron chi connectivity index (χ2n) is 6.33. The Labute approximate surface area is 145 Å². The lowest BCUT2D eigenvalue weighted by Gasteiger charge is -2.17. The number of carbonyl (C=O) groups excluding carboxylic acids is 1. The van der Waals surface area contributed by atoms with E-state index >= 15 is 0 Å². The summed E-state index contributed by atoms with van der Waals surface area (Å²) in [5.74, 6) is -0.236. The van der Waals surface area contributed by atoms with Crippen molar-refractivity contribution in [3.8, 4) is 0 Å². The minimum atomic E-state index is -0.271. The SMILES string of the molecule is Cc1ccc(C)c(C(C)NC(=O)Cn2cnc3c(cnn3C)c2=O)c1. The minimum Gasteiger partial charge on any atom is -0.348 e. The van der Waals surface area contributed by atoms with E-state index in [4.69, 9.17) is 0 Å². The van der Waals surface area contributed by atoms with E-state index < -0.39 is 0 Å². The third kappa shape index (κ3) is 3.31. The largest absolute Gasteiger partial charge is 0.348 e. The first-order valence-electron chi connectivity index (χ1n) is 8.10. The van der Waals surface area contributed by atoms with Crippen molar-refractivity contribution >= 4 is 16.9 Å². The van der Waals surface area contributed by atoms with Crippen LogP contribution < -0.4 is 10.9 Å². The summed E-state index contributed by atoms with van der Waals surface area (Å²) in [6, 6.07) is 6.01. The van der Waals surface area contributed by atoms with Crippen molar-refractivity contribution in [2.45, 2.75) is 33.4 Å². The van der Waals surface area contributed by atoms with Gasteiger partial charge in [0.25, 0.3) is 5.56 Å². The highest BCUT2D eigenvalue weighted by molar-refractivity contribution is 5.77. The summed E-state index contributed by atoms with van der Waals surface area (Å²) in [6.07, 6.45) is 2.85. The third-order valence-electron chi connectivity index (χ3n) is 4.31. The molecule has 3 aromatic rings. The van der Waals surface area contributed by atoms with Gasteiger partial charge in [-0.25, -0.2) is 4.98 Å². The van der Waals surface area contributed by atoms with Crippen molar-refractivity contribution in [3.63, 3.8) is 0 Å². The van der Waals surface area contributed by atoms with Crippen molar-refractivity contribution in [2.75, 3.05) is 0 Å². The molecule has 1 amide bonds. The summed E-state index contributed by atoms with van der Waals surface area (Å²) in [5.41, 5.74) is 3.57. The molecule has 1 unspecified atom stereocenters. The number of nitrogens with one attached hydrogen (secondary N) is 1. The third-order valence-corrected chi connectivity index (χ3v) is 4.31. The second kappa shape index (κ2) is 6.51. The van der Waals surface area contributed by atoms with E-state index in [1.54, 1.807) is 7.05 Å². The predicted octanol–water partition coefficient (Wildman–Crippen LogP) is 1.62. The minimum absolute atomic E-state index is 0.0775. The van der Waals surface area contributed by atoms with Crippen LogP contribution in [-0.2, 0) is 18.4 Å². The van der Waals surface area contributed by atoms with Gasteiger partial charge in [-0.2, -0.15) is 5.10 Å². The van der Waals surface area contributed by atoms with Gasteiger partial charge in [-0.3, -0.25) is 18.8 Å². The zero-order chi connectivity index (χ0) is 18.1. The summed E-state index contributed by atoms with van der Waals surface area (Å²) in [6.45, 7) is 5.89. The van der Waals surface area contributed by atoms with Crippen LogP contribution in [0.15, 0.2) is 35.5 Å². The standard InChI is InChI=1S/C18H21N5O2/c1-11-5-6-12(2)14(7-11)13(3)21-16(24)9-23-10-19-17-15(18(23)25)8-20-22(17)4/h5-8,10,13H,9H2,1-4H3,(H,21,24). The first-order chi connectivity index (χ1) is 11.9. The average molecular weight is 339 g/mol. The van der Waals surface area contributed by atoms with Gasteiger partial charge in [-0.15, -0.1) is 0 Å². The Bertz CT molecular complexity index is 1000. The lowest BCUT2D eigenvalue weighted by molar-refractivity contribution is -0.122. The molecule has 0 saturated carbocycles. The summed E-state index contributed by atoms with van der Waals surface area (Å²) < 4.78 is 2.83. The number of fused-ring (bicyclic) bond motifs is 1. The lowest BCUT2D eigenvalue weighted by Crippen LogP contribution is -2.34. The van der Waals surface area contributed by atoms with Crippen molar-refractivity contribution in [1.82, 2.24) is 24.6 Å². The molecule has 0 aliphatic carbocycles. The summed E-state index contributed by atoms with van der Waals surface area (Å²) in [7, 11) is 1.72. The Hall–Kier alpha value is -2.96. The maximum atomic E-state index is 12.4. The molecule has 0 spiro atoms. The molecule has 0 radical (unpaired) electrons. The molecule has 7 heteroatoms. The highest BCUT2D eigenvalue weighted by Crippen LogP contribution is 2.18. The van der Waals surface area contributed by atoms with Crippen LogP contribution in [-0.4, -0.2) is 25.2 Å². The number of amides is 1. The molecule has 3 rings (SSSR count). The quantitative estimate of drug-likeness (QED) is 0.783. The summed E-state index contributed by atoms with van der Waals surface area (Å²) in [5, 5.41) is 7.37. The first kappa shape index (κ1) is 16.9. The Balaban J connectivity index is 1.77. The van der Waals surface area contributed by atoms with Gasteiger partial charge in [-0.05, 0) is 31.9 Å². The maximum absolute atomic E-state index is 12.4. The molecule has 130 valence electrons. The number of carbonyl (C=O) groups is 1. The van der Waals surface area contributed by atoms with Gasteiger partial charge in [0.15, 0.2) is 5.65 Å². The van der Waals surface area contributed by atoms with Gasteiger partial charge in [0, 0.05) is 7.05 Å². The highest BCUT2D eigenvalue weighted by atomic mass is 16.2. The smallest absolute Gasteiger partial charge is 0.264 e. The molecule has 0 aliphatic rings. The maximum Gasteiger partial charge on any atom is 0.264 e. The number of aromatic nitrogens is 4. The van der Waals surface area contributed by atoms with Crippen molar-refractivity contribution < 1.29 is 4.79 Å². The summed E-state index contributed by atoms with van der Waals surface area (Å²) >= 11 is 0. The molecule has 7 nitrogen and oxygen atoms in total. The van der Waals surface area contributed by atoms with E-state index in [2.05, 4.69) is 21.5 Å². The van der Waals surface area contributed by atoms with Crippen LogP contribution in [0, 0.1) is 13.8 Å². The van der Waals surface area contributed by atoms with Gasteiger partial charge in [0.05, 0.1) is 12.2 Å². The first-order valence-corrected chi connectivity index (χ1v) is 8.10. The number of aryl methyl sites for hydroxylation is 3. The Morgan fingerprint density at radius 1 is 1.32 bits per heavy atom. The fourth-order valence-corrected chi connectivity index (χ4v) is 2.93. The molecule has 0 bridgehead atoms. The molecule has 0 fully saturated rings. The lowest BCUT2D eigenvalue weighted by atomic mass is 10.00. The Morgan fingerprint density at radius 2 is 2.08 bits per heavy atom. The predicted molar refractivity (Wildman–Crippen MR) is 95.2 cm³/mol. The highest BCUT2D eigenvalue weighted by Gasteiger charge is 2.14. The van der Waals surface area contributed by atoms with E-state index in [-0.39, 0.29) is 24.1 Å². The van der Waals surface area contributed by atoms with Gasteiger partial charge in [0.2, 0.25) is 5.91 Å². The molecule has 1 atom stereocenters. The summed E-state index contributed by atoms with van der Waals surface area (Å²) in [4.78, 5) is 29.0. The zero-order valence-corrected chi connectivity index (χ0v) is 14.8. The van der Waals surface area contributed by atoms with Crippen molar-refractivity contribution in [2.24, 2.45) is 7.05 Å². The van der Waals surface area contributed by atoms with Crippen molar-refractivity contribution in [1.29, 1.82) is 0 Å². The van der Waals surface area contributed by atoms with Crippen LogP contribution in [0.1, 0.15) is 29.7 Å². The van der Waals surface area contributed by atoms with Crippen LogP contribution in [0.2, 0.25) is 0 Å². The van der Waals surface area contributed by atoms with Gasteiger partial charge in [0.1, 0.15) is 18.3 Å². The number of nitrogens with zero attached hydrogens (tertiary/aromatic N) is 4. The molecule has 2 heterocycles. The molecule has 25 heavy (non-hydrogen) atoms. The van der Waals surface area contributed by atoms with E-state index in [1.807, 2.05) is 32.9 Å². The fraction of sp³-hybridized carbons (Fsp3) is 0.333. The van der Waals surface area contributed by atoms with E-state index in [1.165, 1.54) is 21.8 Å². The molecular weight excluding hydrogens is 318 g/mol. The fourth-order valence-electron chi connectivity index (χ4n) is 2.93. The number of hydrogen-bond donors (Lipinski definition) is 1. The van der Waals surface area contributed by atoms with Crippen LogP contribution >= 0.6 is 0 Å². The van der Waals surface area contributed by atoms with Gasteiger partial charge in [-0.1, -0.05) is 23.8 Å².